The Labute approximate surface area is 173 Å². The molecule has 1 N–H and O–H groups in total. The number of benzene rings is 1. The quantitative estimate of drug-likeness (QED) is 0.778. The van der Waals surface area contributed by atoms with E-state index in [4.69, 9.17) is 9.47 Å². The Morgan fingerprint density at radius 3 is 2.48 bits per heavy atom. The van der Waals surface area contributed by atoms with Crippen LogP contribution in [0.3, 0.4) is 0 Å². The average Bonchev–Trinajstić information content (AvgIpc) is 3.00. The van der Waals surface area contributed by atoms with Crippen molar-refractivity contribution in [1.82, 2.24) is 5.32 Å². The van der Waals surface area contributed by atoms with E-state index in [-0.39, 0.29) is 22.9 Å². The SMILES string of the molecule is CC(C)(C)CC(C)(C)NC[C@H]1CN(c2ccc(N3CCOCC3)c(F)c2)C(=O)O1. The van der Waals surface area contributed by atoms with Gasteiger partial charge in [-0.25, -0.2) is 9.18 Å². The molecular weight excluding hydrogens is 373 g/mol. The molecule has 0 unspecified atom stereocenters. The standard InChI is InChI=1S/C22H34FN3O3/c1-21(2,3)15-22(4,5)24-13-17-14-26(20(27)29-17)16-6-7-19(18(23)12-16)25-8-10-28-11-9-25/h6-7,12,17,24H,8-11,13-15H2,1-5H3/t17-/m0/s1. The molecule has 2 heterocycles. The molecule has 1 aromatic rings. The number of nitrogens with zero attached hydrogens (tertiary/aromatic N) is 2. The monoisotopic (exact) mass is 407 g/mol. The molecule has 1 atom stereocenters. The minimum absolute atomic E-state index is 0.0655. The van der Waals surface area contributed by atoms with Gasteiger partial charge in [0.1, 0.15) is 11.9 Å². The van der Waals surface area contributed by atoms with Crippen LogP contribution < -0.4 is 15.1 Å². The smallest absolute Gasteiger partial charge is 0.414 e. The van der Waals surface area contributed by atoms with Crippen LogP contribution in [0.15, 0.2) is 18.2 Å². The number of morpholine rings is 1. The summed E-state index contributed by atoms with van der Waals surface area (Å²) in [6.45, 7) is 14.5. The van der Waals surface area contributed by atoms with Gasteiger partial charge in [-0.2, -0.15) is 0 Å². The van der Waals surface area contributed by atoms with Crippen LogP contribution in [0.5, 0.6) is 0 Å². The first-order valence-corrected chi connectivity index (χ1v) is 10.4. The zero-order valence-electron chi connectivity index (χ0n) is 18.3. The van der Waals surface area contributed by atoms with Crippen molar-refractivity contribution >= 4 is 17.5 Å². The fraction of sp³-hybridized carbons (Fsp3) is 0.682. The zero-order chi connectivity index (χ0) is 21.2. The second kappa shape index (κ2) is 8.48. The van der Waals surface area contributed by atoms with E-state index in [1.165, 1.54) is 11.0 Å². The van der Waals surface area contributed by atoms with Crippen molar-refractivity contribution in [2.45, 2.75) is 52.7 Å². The summed E-state index contributed by atoms with van der Waals surface area (Å²) in [7, 11) is 0. The Hall–Kier alpha value is -1.86. The van der Waals surface area contributed by atoms with E-state index in [0.29, 0.717) is 50.8 Å². The Morgan fingerprint density at radius 2 is 1.86 bits per heavy atom. The largest absolute Gasteiger partial charge is 0.443 e. The number of halogens is 1. The summed E-state index contributed by atoms with van der Waals surface area (Å²) in [5, 5.41) is 3.52. The number of carbonyl (C=O) groups is 1. The van der Waals surface area contributed by atoms with Crippen molar-refractivity contribution in [3.63, 3.8) is 0 Å². The van der Waals surface area contributed by atoms with Crippen LogP contribution in [-0.4, -0.2) is 57.1 Å². The van der Waals surface area contributed by atoms with Gasteiger partial charge in [0, 0.05) is 25.2 Å². The van der Waals surface area contributed by atoms with Gasteiger partial charge < -0.3 is 19.7 Å². The number of anilines is 2. The number of hydrogen-bond donors (Lipinski definition) is 1. The van der Waals surface area contributed by atoms with Gasteiger partial charge in [0.25, 0.3) is 0 Å². The Kier molecular flexibility index (Phi) is 6.39. The number of carbonyl (C=O) groups excluding carboxylic acids is 1. The summed E-state index contributed by atoms with van der Waals surface area (Å²) in [4.78, 5) is 15.8. The summed E-state index contributed by atoms with van der Waals surface area (Å²) in [6.07, 6.45) is 0.311. The first-order chi connectivity index (χ1) is 13.5. The average molecular weight is 408 g/mol. The molecule has 0 radical (unpaired) electrons. The maximum absolute atomic E-state index is 14.7. The molecule has 2 fully saturated rings. The zero-order valence-corrected chi connectivity index (χ0v) is 18.3. The first kappa shape index (κ1) is 21.8. The van der Waals surface area contributed by atoms with Gasteiger partial charge in [-0.1, -0.05) is 20.8 Å². The minimum atomic E-state index is -0.427. The molecule has 1 amide bonds. The van der Waals surface area contributed by atoms with Crippen LogP contribution in [0.1, 0.15) is 41.0 Å². The summed E-state index contributed by atoms with van der Waals surface area (Å²) < 4.78 is 25.5. The van der Waals surface area contributed by atoms with Crippen LogP contribution in [0.25, 0.3) is 0 Å². The maximum Gasteiger partial charge on any atom is 0.414 e. The van der Waals surface area contributed by atoms with Gasteiger partial charge in [0.15, 0.2) is 0 Å². The van der Waals surface area contributed by atoms with Crippen LogP contribution in [0.2, 0.25) is 0 Å². The molecule has 0 aromatic heterocycles. The molecule has 2 aliphatic rings. The van der Waals surface area contributed by atoms with Gasteiger partial charge in [0.05, 0.1) is 31.1 Å². The predicted molar refractivity (Wildman–Crippen MR) is 113 cm³/mol. The third-order valence-electron chi connectivity index (χ3n) is 5.25. The topological polar surface area (TPSA) is 54.0 Å². The summed E-state index contributed by atoms with van der Waals surface area (Å²) >= 11 is 0. The van der Waals surface area contributed by atoms with Gasteiger partial charge in [-0.05, 0) is 43.9 Å². The lowest BCUT2D eigenvalue weighted by Crippen LogP contribution is -2.46. The number of amides is 1. The van der Waals surface area contributed by atoms with Crippen molar-refractivity contribution in [3.05, 3.63) is 24.0 Å². The minimum Gasteiger partial charge on any atom is -0.443 e. The molecule has 1 aromatic carbocycles. The van der Waals surface area contributed by atoms with Gasteiger partial charge in [-0.3, -0.25) is 4.90 Å². The third-order valence-corrected chi connectivity index (χ3v) is 5.25. The lowest BCUT2D eigenvalue weighted by Gasteiger charge is -2.34. The number of ether oxygens (including phenoxy) is 2. The summed E-state index contributed by atoms with van der Waals surface area (Å²) in [5.41, 5.74) is 1.21. The Bertz CT molecular complexity index is 727. The molecule has 162 valence electrons. The normalized spacial score (nSPS) is 20.9. The van der Waals surface area contributed by atoms with E-state index >= 15 is 0 Å². The molecule has 29 heavy (non-hydrogen) atoms. The lowest BCUT2D eigenvalue weighted by atomic mass is 9.82. The van der Waals surface area contributed by atoms with Crippen molar-refractivity contribution in [1.29, 1.82) is 0 Å². The molecule has 0 spiro atoms. The van der Waals surface area contributed by atoms with E-state index in [1.807, 2.05) is 4.90 Å². The second-order valence-corrected chi connectivity index (χ2v) is 9.85. The van der Waals surface area contributed by atoms with E-state index in [2.05, 4.69) is 39.9 Å². The van der Waals surface area contributed by atoms with Crippen molar-refractivity contribution in [2.24, 2.45) is 5.41 Å². The van der Waals surface area contributed by atoms with E-state index < -0.39 is 6.09 Å². The van der Waals surface area contributed by atoms with Crippen molar-refractivity contribution in [2.75, 3.05) is 49.2 Å². The third kappa shape index (κ3) is 5.82. The fourth-order valence-electron chi connectivity index (χ4n) is 4.34. The fourth-order valence-corrected chi connectivity index (χ4v) is 4.34. The second-order valence-electron chi connectivity index (χ2n) is 9.85. The molecular formula is C22H34FN3O3. The van der Waals surface area contributed by atoms with Crippen molar-refractivity contribution < 1.29 is 18.7 Å². The number of hydrogen-bond acceptors (Lipinski definition) is 5. The molecule has 7 heteroatoms. The number of rotatable bonds is 6. The molecule has 0 bridgehead atoms. The highest BCUT2D eigenvalue weighted by atomic mass is 19.1. The summed E-state index contributed by atoms with van der Waals surface area (Å²) in [5.74, 6) is -0.329. The van der Waals surface area contributed by atoms with Crippen LogP contribution in [0, 0.1) is 11.2 Å². The predicted octanol–water partition coefficient (Wildman–Crippen LogP) is 3.79. The Morgan fingerprint density at radius 1 is 1.17 bits per heavy atom. The highest BCUT2D eigenvalue weighted by Gasteiger charge is 2.34. The molecule has 6 nitrogen and oxygen atoms in total. The molecule has 0 aliphatic carbocycles. The van der Waals surface area contributed by atoms with Crippen LogP contribution in [0.4, 0.5) is 20.6 Å². The molecule has 2 saturated heterocycles. The molecule has 3 rings (SSSR count). The number of cyclic esters (lactones) is 1. The van der Waals surface area contributed by atoms with Crippen molar-refractivity contribution in [3.8, 4) is 0 Å². The van der Waals surface area contributed by atoms with E-state index in [9.17, 15) is 9.18 Å². The van der Waals surface area contributed by atoms with E-state index in [1.54, 1.807) is 12.1 Å². The Balaban J connectivity index is 1.61. The van der Waals surface area contributed by atoms with Gasteiger partial charge in [0.2, 0.25) is 0 Å². The van der Waals surface area contributed by atoms with Crippen LogP contribution in [-0.2, 0) is 9.47 Å². The first-order valence-electron chi connectivity index (χ1n) is 10.4. The van der Waals surface area contributed by atoms with Gasteiger partial charge in [-0.15, -0.1) is 0 Å². The highest BCUT2D eigenvalue weighted by molar-refractivity contribution is 5.90. The summed E-state index contributed by atoms with van der Waals surface area (Å²) in [6, 6.07) is 4.95. The molecule has 2 aliphatic heterocycles. The van der Waals surface area contributed by atoms with E-state index in [0.717, 1.165) is 6.42 Å². The maximum atomic E-state index is 14.7. The number of nitrogens with one attached hydrogen (secondary N) is 1. The highest BCUT2D eigenvalue weighted by Crippen LogP contribution is 2.29. The molecule has 0 saturated carbocycles. The lowest BCUT2D eigenvalue weighted by molar-refractivity contribution is 0.122. The van der Waals surface area contributed by atoms with Gasteiger partial charge >= 0.3 is 6.09 Å². The van der Waals surface area contributed by atoms with Crippen LogP contribution >= 0.6 is 0 Å².